The summed E-state index contributed by atoms with van der Waals surface area (Å²) >= 11 is 0. The minimum absolute atomic E-state index is 0.0460. The molecular formula is C11H13NO3. The van der Waals surface area contributed by atoms with Crippen LogP contribution in [0.25, 0.3) is 0 Å². The zero-order valence-electron chi connectivity index (χ0n) is 8.49. The van der Waals surface area contributed by atoms with Crippen LogP contribution < -0.4 is 10.5 Å². The molecular weight excluding hydrogens is 194 g/mol. The van der Waals surface area contributed by atoms with E-state index in [4.69, 9.17) is 15.6 Å². The van der Waals surface area contributed by atoms with Crippen LogP contribution >= 0.6 is 0 Å². The van der Waals surface area contributed by atoms with Crippen molar-refractivity contribution in [1.29, 1.82) is 0 Å². The zero-order valence-corrected chi connectivity index (χ0v) is 8.49. The van der Waals surface area contributed by atoms with Crippen molar-refractivity contribution < 1.29 is 14.6 Å². The Kier molecular flexibility index (Phi) is 2.36. The highest BCUT2D eigenvalue weighted by atomic mass is 16.5. The molecule has 0 unspecified atom stereocenters. The number of rotatable bonds is 1. The standard InChI is InChI=1S/C11H13NO3/c1-6-7(11(13)14)2-3-8-9(12)4-5-15-10(6)8/h2-3,9H,4-5,12H2,1H3,(H,13,14)/t9-/m1/s1. The third-order valence-electron chi connectivity index (χ3n) is 2.74. The van der Waals surface area contributed by atoms with Crippen molar-refractivity contribution in [2.24, 2.45) is 5.73 Å². The van der Waals surface area contributed by atoms with Gasteiger partial charge in [-0.05, 0) is 13.0 Å². The monoisotopic (exact) mass is 207 g/mol. The van der Waals surface area contributed by atoms with Gasteiger partial charge in [0, 0.05) is 23.6 Å². The fourth-order valence-electron chi connectivity index (χ4n) is 1.87. The van der Waals surface area contributed by atoms with Crippen LogP contribution in [0.4, 0.5) is 0 Å². The molecule has 1 aliphatic rings. The molecule has 0 spiro atoms. The number of carboxylic acid groups (broad SMARTS) is 1. The third-order valence-corrected chi connectivity index (χ3v) is 2.74. The molecule has 2 rings (SSSR count). The number of carbonyl (C=O) groups is 1. The summed E-state index contributed by atoms with van der Waals surface area (Å²) in [5.74, 6) is -0.285. The average molecular weight is 207 g/mol. The van der Waals surface area contributed by atoms with Crippen molar-refractivity contribution in [3.63, 3.8) is 0 Å². The predicted octanol–water partition coefficient (Wildman–Crippen LogP) is 1.48. The number of fused-ring (bicyclic) bond motifs is 1. The van der Waals surface area contributed by atoms with Crippen molar-refractivity contribution in [3.8, 4) is 5.75 Å². The molecule has 1 aromatic carbocycles. The summed E-state index contributed by atoms with van der Waals surface area (Å²) in [4.78, 5) is 10.9. The second kappa shape index (κ2) is 3.55. The summed E-state index contributed by atoms with van der Waals surface area (Å²) < 4.78 is 5.47. The summed E-state index contributed by atoms with van der Waals surface area (Å²) in [5, 5.41) is 8.95. The Labute approximate surface area is 87.7 Å². The van der Waals surface area contributed by atoms with Crippen LogP contribution in [0.3, 0.4) is 0 Å². The molecule has 0 fully saturated rings. The second-order valence-corrected chi connectivity index (χ2v) is 3.71. The molecule has 0 amide bonds. The van der Waals surface area contributed by atoms with Gasteiger partial charge in [-0.25, -0.2) is 4.79 Å². The van der Waals surface area contributed by atoms with Crippen molar-refractivity contribution in [3.05, 3.63) is 28.8 Å². The highest BCUT2D eigenvalue weighted by Gasteiger charge is 2.22. The van der Waals surface area contributed by atoms with E-state index in [-0.39, 0.29) is 11.6 Å². The minimum atomic E-state index is -0.932. The molecule has 0 aliphatic carbocycles. The first-order valence-electron chi connectivity index (χ1n) is 4.86. The van der Waals surface area contributed by atoms with E-state index in [0.29, 0.717) is 17.9 Å². The van der Waals surface area contributed by atoms with Crippen molar-refractivity contribution in [2.75, 3.05) is 6.61 Å². The Morgan fingerprint density at radius 1 is 1.60 bits per heavy atom. The van der Waals surface area contributed by atoms with Crippen LogP contribution in [0.15, 0.2) is 12.1 Å². The predicted molar refractivity (Wildman–Crippen MR) is 55.2 cm³/mol. The van der Waals surface area contributed by atoms with Crippen molar-refractivity contribution >= 4 is 5.97 Å². The Balaban J connectivity index is 2.57. The molecule has 3 N–H and O–H groups in total. The lowest BCUT2D eigenvalue weighted by atomic mass is 9.95. The molecule has 0 radical (unpaired) electrons. The number of hydrogen-bond acceptors (Lipinski definition) is 3. The Hall–Kier alpha value is -1.55. The maximum Gasteiger partial charge on any atom is 0.336 e. The van der Waals surface area contributed by atoms with Crippen molar-refractivity contribution in [2.45, 2.75) is 19.4 Å². The van der Waals surface area contributed by atoms with E-state index in [9.17, 15) is 4.79 Å². The van der Waals surface area contributed by atoms with E-state index >= 15 is 0 Å². The summed E-state index contributed by atoms with van der Waals surface area (Å²) in [5.41, 5.74) is 7.76. The second-order valence-electron chi connectivity index (χ2n) is 3.71. The molecule has 0 saturated carbocycles. The molecule has 0 bridgehead atoms. The Morgan fingerprint density at radius 3 is 3.00 bits per heavy atom. The maximum absolute atomic E-state index is 10.9. The van der Waals surface area contributed by atoms with Gasteiger partial charge in [-0.2, -0.15) is 0 Å². The van der Waals surface area contributed by atoms with Crippen LogP contribution in [0.1, 0.15) is 33.9 Å². The number of benzene rings is 1. The number of aromatic carboxylic acids is 1. The van der Waals surface area contributed by atoms with E-state index in [1.807, 2.05) is 0 Å². The molecule has 4 heteroatoms. The summed E-state index contributed by atoms with van der Waals surface area (Å²) in [6.07, 6.45) is 0.777. The molecule has 1 aliphatic heterocycles. The first-order chi connectivity index (χ1) is 7.11. The van der Waals surface area contributed by atoms with Crippen LogP contribution in [-0.2, 0) is 0 Å². The van der Waals surface area contributed by atoms with Gasteiger partial charge in [0.1, 0.15) is 5.75 Å². The van der Waals surface area contributed by atoms with E-state index in [0.717, 1.165) is 12.0 Å². The first kappa shape index (κ1) is 9.98. The Morgan fingerprint density at radius 2 is 2.33 bits per heavy atom. The fourth-order valence-corrected chi connectivity index (χ4v) is 1.87. The molecule has 4 nitrogen and oxygen atoms in total. The van der Waals surface area contributed by atoms with Gasteiger partial charge in [-0.15, -0.1) is 0 Å². The normalized spacial score (nSPS) is 19.2. The average Bonchev–Trinajstić information content (AvgIpc) is 2.19. The lowest BCUT2D eigenvalue weighted by Crippen LogP contribution is -2.22. The quantitative estimate of drug-likeness (QED) is 0.731. The highest BCUT2D eigenvalue weighted by molar-refractivity contribution is 5.90. The largest absolute Gasteiger partial charge is 0.493 e. The fraction of sp³-hybridized carbons (Fsp3) is 0.364. The number of nitrogens with two attached hydrogens (primary N) is 1. The molecule has 1 atom stereocenters. The Bertz CT molecular complexity index is 415. The SMILES string of the molecule is Cc1c(C(=O)O)ccc2c1OCC[C@H]2N. The van der Waals surface area contributed by atoms with Crippen LogP contribution in [0.2, 0.25) is 0 Å². The van der Waals surface area contributed by atoms with Crippen LogP contribution in [0, 0.1) is 6.92 Å². The summed E-state index contributed by atoms with van der Waals surface area (Å²) in [6.45, 7) is 2.30. The summed E-state index contributed by atoms with van der Waals surface area (Å²) in [7, 11) is 0. The molecule has 15 heavy (non-hydrogen) atoms. The molecule has 80 valence electrons. The third kappa shape index (κ3) is 1.57. The lowest BCUT2D eigenvalue weighted by molar-refractivity contribution is 0.0695. The van der Waals surface area contributed by atoms with Gasteiger partial charge in [-0.3, -0.25) is 0 Å². The van der Waals surface area contributed by atoms with Gasteiger partial charge < -0.3 is 15.6 Å². The van der Waals surface area contributed by atoms with Gasteiger partial charge in [0.2, 0.25) is 0 Å². The molecule has 1 aromatic rings. The van der Waals surface area contributed by atoms with Gasteiger partial charge in [0.25, 0.3) is 0 Å². The van der Waals surface area contributed by atoms with E-state index in [2.05, 4.69) is 0 Å². The van der Waals surface area contributed by atoms with Crippen molar-refractivity contribution in [1.82, 2.24) is 0 Å². The van der Waals surface area contributed by atoms with Gasteiger partial charge in [-0.1, -0.05) is 6.07 Å². The van der Waals surface area contributed by atoms with Gasteiger partial charge in [0.05, 0.1) is 12.2 Å². The first-order valence-corrected chi connectivity index (χ1v) is 4.86. The molecule has 0 saturated heterocycles. The zero-order chi connectivity index (χ0) is 11.0. The molecule has 1 heterocycles. The lowest BCUT2D eigenvalue weighted by Gasteiger charge is -2.25. The summed E-state index contributed by atoms with van der Waals surface area (Å²) in [6, 6.07) is 3.29. The van der Waals surface area contributed by atoms with Gasteiger partial charge in [0.15, 0.2) is 0 Å². The van der Waals surface area contributed by atoms with Crippen LogP contribution in [-0.4, -0.2) is 17.7 Å². The van der Waals surface area contributed by atoms with Crippen LogP contribution in [0.5, 0.6) is 5.75 Å². The number of ether oxygens (including phenoxy) is 1. The maximum atomic E-state index is 10.9. The number of carboxylic acids is 1. The van der Waals surface area contributed by atoms with Gasteiger partial charge >= 0.3 is 5.97 Å². The smallest absolute Gasteiger partial charge is 0.336 e. The van der Waals surface area contributed by atoms with E-state index in [1.54, 1.807) is 19.1 Å². The van der Waals surface area contributed by atoms with E-state index in [1.165, 1.54) is 0 Å². The van der Waals surface area contributed by atoms with E-state index < -0.39 is 5.97 Å². The topological polar surface area (TPSA) is 72.5 Å². The highest BCUT2D eigenvalue weighted by Crippen LogP contribution is 2.34. The molecule has 0 aromatic heterocycles. The number of hydrogen-bond donors (Lipinski definition) is 2. The minimum Gasteiger partial charge on any atom is -0.493 e.